The van der Waals surface area contributed by atoms with E-state index in [1.165, 1.54) is 24.3 Å². The minimum atomic E-state index is -1.45. The predicted octanol–water partition coefficient (Wildman–Crippen LogP) is -0.338. The van der Waals surface area contributed by atoms with Crippen LogP contribution in [0, 0.1) is 0 Å². The topological polar surface area (TPSA) is 140 Å². The van der Waals surface area contributed by atoms with E-state index in [0.29, 0.717) is 21.6 Å². The summed E-state index contributed by atoms with van der Waals surface area (Å²) in [5.74, 6) is -1.93. The number of aromatic carboxylic acids is 1. The van der Waals surface area contributed by atoms with Crippen molar-refractivity contribution in [3.05, 3.63) is 69.3 Å². The van der Waals surface area contributed by atoms with Gasteiger partial charge in [-0.25, -0.2) is 4.79 Å². The average Bonchev–Trinajstić information content (AvgIpc) is 3.04. The molecule has 1 aromatic heterocycles. The first-order valence-corrected chi connectivity index (χ1v) is 9.33. The minimum absolute atomic E-state index is 0. The summed E-state index contributed by atoms with van der Waals surface area (Å²) in [6.07, 6.45) is 2.52. The van der Waals surface area contributed by atoms with Gasteiger partial charge in [-0.3, -0.25) is 4.79 Å². The molecular formula is C20H15Cl2N4NaO4. The van der Waals surface area contributed by atoms with Crippen molar-refractivity contribution in [2.45, 2.75) is 6.54 Å². The molecule has 0 atom stereocenters. The van der Waals surface area contributed by atoms with Gasteiger partial charge in [-0.15, -0.1) is 0 Å². The third-order valence-corrected chi connectivity index (χ3v) is 4.66. The third kappa shape index (κ3) is 6.25. The van der Waals surface area contributed by atoms with E-state index >= 15 is 0 Å². The first-order valence-electron chi connectivity index (χ1n) is 8.58. The Morgan fingerprint density at radius 2 is 1.81 bits per heavy atom. The molecule has 0 saturated carbocycles. The SMILES string of the molecule is NC(=O)NCc1ccc(NC(=O)/C=C/c2c(C(=O)[O-])[nH]c3cc(Cl)cc(Cl)c23)cc1.[Na+]. The summed E-state index contributed by atoms with van der Waals surface area (Å²) in [5.41, 5.74) is 6.72. The molecule has 0 unspecified atom stereocenters. The van der Waals surface area contributed by atoms with Crippen LogP contribution in [-0.2, 0) is 11.3 Å². The number of nitrogens with two attached hydrogens (primary N) is 1. The number of carboxylic acids is 1. The molecule has 8 nitrogen and oxygen atoms in total. The Kier molecular flexibility index (Phi) is 8.55. The van der Waals surface area contributed by atoms with Crippen molar-refractivity contribution in [3.8, 4) is 0 Å². The van der Waals surface area contributed by atoms with Gasteiger partial charge in [0, 0.05) is 39.8 Å². The van der Waals surface area contributed by atoms with Gasteiger partial charge in [0.05, 0.1) is 16.7 Å². The molecule has 0 fully saturated rings. The number of urea groups is 1. The smallest absolute Gasteiger partial charge is 0.543 e. The summed E-state index contributed by atoms with van der Waals surface area (Å²) in [4.78, 5) is 37.1. The fourth-order valence-electron chi connectivity index (χ4n) is 2.84. The van der Waals surface area contributed by atoms with E-state index in [-0.39, 0.29) is 52.4 Å². The maximum absolute atomic E-state index is 12.3. The van der Waals surface area contributed by atoms with E-state index in [4.69, 9.17) is 28.9 Å². The van der Waals surface area contributed by atoms with Crippen LogP contribution < -0.4 is 51.0 Å². The largest absolute Gasteiger partial charge is 1.00 e. The summed E-state index contributed by atoms with van der Waals surface area (Å²) >= 11 is 12.2. The number of aromatic nitrogens is 1. The Balaban J connectivity index is 0.00000341. The molecule has 0 aliphatic heterocycles. The van der Waals surface area contributed by atoms with Crippen molar-refractivity contribution in [1.82, 2.24) is 10.3 Å². The second-order valence-corrected chi connectivity index (χ2v) is 7.09. The number of anilines is 1. The van der Waals surface area contributed by atoms with E-state index < -0.39 is 17.9 Å². The van der Waals surface area contributed by atoms with Gasteiger partial charge in [-0.05, 0) is 35.9 Å². The number of aromatic amines is 1. The summed E-state index contributed by atoms with van der Waals surface area (Å²) in [6, 6.07) is 9.11. The van der Waals surface area contributed by atoms with Gasteiger partial charge in [0.15, 0.2) is 0 Å². The Morgan fingerprint density at radius 3 is 2.42 bits per heavy atom. The molecule has 0 aliphatic carbocycles. The van der Waals surface area contributed by atoms with Gasteiger partial charge < -0.3 is 31.3 Å². The van der Waals surface area contributed by atoms with Crippen LogP contribution in [0.1, 0.15) is 21.6 Å². The van der Waals surface area contributed by atoms with E-state index in [9.17, 15) is 19.5 Å². The zero-order chi connectivity index (χ0) is 21.8. The van der Waals surface area contributed by atoms with Gasteiger partial charge in [0.2, 0.25) is 5.91 Å². The number of fused-ring (bicyclic) bond motifs is 1. The number of H-pyrrole nitrogens is 1. The predicted molar refractivity (Wildman–Crippen MR) is 113 cm³/mol. The van der Waals surface area contributed by atoms with Crippen LogP contribution in [0.15, 0.2) is 42.5 Å². The van der Waals surface area contributed by atoms with E-state index in [2.05, 4.69) is 15.6 Å². The van der Waals surface area contributed by atoms with E-state index in [1.807, 2.05) is 0 Å². The first-order chi connectivity index (χ1) is 14.2. The molecule has 31 heavy (non-hydrogen) atoms. The molecular weight excluding hydrogens is 454 g/mol. The molecule has 3 amide bonds. The number of primary amides is 1. The minimum Gasteiger partial charge on any atom is -0.543 e. The second kappa shape index (κ2) is 10.7. The van der Waals surface area contributed by atoms with Crippen molar-refractivity contribution in [2.24, 2.45) is 5.73 Å². The van der Waals surface area contributed by atoms with Crippen molar-refractivity contribution >= 4 is 63.8 Å². The van der Waals surface area contributed by atoms with Gasteiger partial charge in [0.25, 0.3) is 0 Å². The number of carbonyl (C=O) groups excluding carboxylic acids is 3. The molecule has 0 bridgehead atoms. The van der Waals surface area contributed by atoms with Gasteiger partial charge in [-0.2, -0.15) is 0 Å². The molecule has 11 heteroatoms. The Labute approximate surface area is 209 Å². The van der Waals surface area contributed by atoms with E-state index in [0.717, 1.165) is 5.56 Å². The number of hydrogen-bond acceptors (Lipinski definition) is 4. The Morgan fingerprint density at radius 1 is 1.13 bits per heavy atom. The molecule has 2 aromatic carbocycles. The number of hydrogen-bond donors (Lipinski definition) is 4. The molecule has 0 saturated heterocycles. The number of carboxylic acid groups (broad SMARTS) is 1. The van der Waals surface area contributed by atoms with E-state index in [1.54, 1.807) is 24.3 Å². The monoisotopic (exact) mass is 468 g/mol. The molecule has 154 valence electrons. The Hall–Kier alpha value is -2.49. The first kappa shape index (κ1) is 24.8. The molecule has 1 heterocycles. The van der Waals surface area contributed by atoms with Gasteiger partial charge in [-0.1, -0.05) is 35.3 Å². The fourth-order valence-corrected chi connectivity index (χ4v) is 3.43. The fraction of sp³-hybridized carbons (Fsp3) is 0.0500. The van der Waals surface area contributed by atoms with Crippen LogP contribution in [0.25, 0.3) is 17.0 Å². The molecule has 3 aromatic rings. The molecule has 0 spiro atoms. The van der Waals surface area contributed by atoms with Crippen LogP contribution in [0.5, 0.6) is 0 Å². The molecule has 3 rings (SSSR count). The summed E-state index contributed by atoms with van der Waals surface area (Å²) < 4.78 is 0. The summed E-state index contributed by atoms with van der Waals surface area (Å²) in [6.45, 7) is 0.265. The van der Waals surface area contributed by atoms with Crippen molar-refractivity contribution in [2.75, 3.05) is 5.32 Å². The van der Waals surface area contributed by atoms with Crippen molar-refractivity contribution in [1.29, 1.82) is 0 Å². The second-order valence-electron chi connectivity index (χ2n) is 6.25. The Bertz CT molecular complexity index is 1180. The zero-order valence-corrected chi connectivity index (χ0v) is 19.8. The van der Waals surface area contributed by atoms with Crippen LogP contribution >= 0.6 is 23.2 Å². The number of rotatable bonds is 6. The van der Waals surface area contributed by atoms with Crippen LogP contribution in [0.3, 0.4) is 0 Å². The third-order valence-electron chi connectivity index (χ3n) is 4.15. The standard InChI is InChI=1S/C20H16Cl2N4O4.Na/c21-11-7-14(22)17-13(18(19(28)29)26-15(17)8-11)5-6-16(27)25-12-3-1-10(2-4-12)9-24-20(23)30;/h1-8,26H,9H2,(H,25,27)(H,28,29)(H3,23,24,30);/q;+1/p-1/b6-5+;. The summed E-state index contributed by atoms with van der Waals surface area (Å²) in [5, 5.41) is 17.6. The molecule has 0 radical (unpaired) electrons. The maximum atomic E-state index is 12.3. The normalized spacial score (nSPS) is 10.6. The van der Waals surface area contributed by atoms with Gasteiger partial charge in [0.1, 0.15) is 0 Å². The average molecular weight is 469 g/mol. The van der Waals surface area contributed by atoms with Gasteiger partial charge >= 0.3 is 35.6 Å². The van der Waals surface area contributed by atoms with Crippen molar-refractivity contribution in [3.63, 3.8) is 0 Å². The molecule has 5 N–H and O–H groups in total. The molecule has 0 aliphatic rings. The van der Waals surface area contributed by atoms with Crippen LogP contribution in [-0.4, -0.2) is 22.9 Å². The number of benzene rings is 2. The van der Waals surface area contributed by atoms with Crippen LogP contribution in [0.2, 0.25) is 10.0 Å². The van der Waals surface area contributed by atoms with Crippen LogP contribution in [0.4, 0.5) is 10.5 Å². The maximum Gasteiger partial charge on any atom is 1.00 e. The number of nitrogens with one attached hydrogen (secondary N) is 3. The van der Waals surface area contributed by atoms with Crippen molar-refractivity contribution < 1.29 is 49.0 Å². The summed E-state index contributed by atoms with van der Waals surface area (Å²) in [7, 11) is 0. The number of halogens is 2. The zero-order valence-electron chi connectivity index (χ0n) is 16.3. The number of carbonyl (C=O) groups is 3. The quantitative estimate of drug-likeness (QED) is 0.290. The number of amides is 3.